The maximum absolute atomic E-state index is 13.6. The molecule has 0 saturated carbocycles. The minimum atomic E-state index is -0.930. The maximum atomic E-state index is 13.6. The molecule has 3 aromatic carbocycles. The van der Waals surface area contributed by atoms with Gasteiger partial charge in [0.05, 0.1) is 18.7 Å². The number of nitrogens with zero attached hydrogens (tertiary/aromatic N) is 1. The predicted octanol–water partition coefficient (Wildman–Crippen LogP) is 5.59. The zero-order chi connectivity index (χ0) is 23.5. The normalized spacial score (nSPS) is 11.0. The average molecular weight is 460 g/mol. The number of hydrogen-bond donors (Lipinski definition) is 1. The third-order valence-corrected chi connectivity index (χ3v) is 5.80. The summed E-state index contributed by atoms with van der Waals surface area (Å²) < 4.78 is 1.50. The van der Waals surface area contributed by atoms with Gasteiger partial charge < -0.3 is 5.11 Å². The van der Waals surface area contributed by atoms with Crippen molar-refractivity contribution in [1.29, 1.82) is 0 Å². The first-order chi connectivity index (χ1) is 15.9. The van der Waals surface area contributed by atoms with Crippen molar-refractivity contribution in [2.24, 2.45) is 0 Å². The van der Waals surface area contributed by atoms with E-state index in [1.807, 2.05) is 36.4 Å². The van der Waals surface area contributed by atoms with E-state index < -0.39 is 5.97 Å². The minimum Gasteiger partial charge on any atom is -0.481 e. The van der Waals surface area contributed by atoms with Gasteiger partial charge >= 0.3 is 5.97 Å². The molecule has 4 rings (SSSR count). The van der Waals surface area contributed by atoms with Gasteiger partial charge in [0.1, 0.15) is 0 Å². The van der Waals surface area contributed by atoms with Crippen LogP contribution >= 0.6 is 11.6 Å². The van der Waals surface area contributed by atoms with Gasteiger partial charge in [-0.2, -0.15) is 0 Å². The number of aromatic nitrogens is 1. The molecule has 1 heterocycles. The quantitative estimate of drug-likeness (QED) is 0.365. The third-order valence-electron chi connectivity index (χ3n) is 5.57. The summed E-state index contributed by atoms with van der Waals surface area (Å²) in [6, 6.07) is 21.6. The Morgan fingerprint density at radius 3 is 2.33 bits per heavy atom. The number of pyridine rings is 1. The maximum Gasteiger partial charge on any atom is 0.307 e. The number of carboxylic acid groups (broad SMARTS) is 1. The molecule has 0 aliphatic rings. The van der Waals surface area contributed by atoms with Gasteiger partial charge in [-0.25, -0.2) is 0 Å². The number of aliphatic carboxylic acids is 1. The molecule has 6 heteroatoms. The van der Waals surface area contributed by atoms with E-state index in [2.05, 4.69) is 0 Å². The zero-order valence-corrected chi connectivity index (χ0v) is 18.8. The Kier molecular flexibility index (Phi) is 6.43. The molecule has 33 heavy (non-hydrogen) atoms. The van der Waals surface area contributed by atoms with Crippen LogP contribution in [0.25, 0.3) is 21.9 Å². The van der Waals surface area contributed by atoms with Gasteiger partial charge in [-0.1, -0.05) is 73.1 Å². The number of ketones is 1. The predicted molar refractivity (Wildman–Crippen MR) is 130 cm³/mol. The molecule has 0 radical (unpaired) electrons. The Morgan fingerprint density at radius 1 is 0.909 bits per heavy atom. The molecule has 4 aromatic rings. The lowest BCUT2D eigenvalue weighted by Crippen LogP contribution is -2.28. The zero-order valence-electron chi connectivity index (χ0n) is 18.0. The van der Waals surface area contributed by atoms with Gasteiger partial charge in [-0.3, -0.25) is 19.0 Å². The molecule has 0 amide bonds. The first kappa shape index (κ1) is 22.5. The Labute approximate surface area is 195 Å². The third kappa shape index (κ3) is 4.59. The van der Waals surface area contributed by atoms with Crippen molar-refractivity contribution in [3.05, 3.63) is 105 Å². The van der Waals surface area contributed by atoms with Gasteiger partial charge in [-0.05, 0) is 40.3 Å². The Balaban J connectivity index is 2.03. The topological polar surface area (TPSA) is 76.4 Å². The molecule has 0 unspecified atom stereocenters. The first-order valence-electron chi connectivity index (χ1n) is 10.6. The van der Waals surface area contributed by atoms with Gasteiger partial charge in [-0.15, -0.1) is 0 Å². The number of carbonyl (C=O) groups is 2. The van der Waals surface area contributed by atoms with Gasteiger partial charge in [0.15, 0.2) is 5.78 Å². The molecular weight excluding hydrogens is 438 g/mol. The summed E-state index contributed by atoms with van der Waals surface area (Å²) in [5, 5.41) is 10.7. The van der Waals surface area contributed by atoms with Crippen LogP contribution in [0.4, 0.5) is 0 Å². The van der Waals surface area contributed by atoms with E-state index in [-0.39, 0.29) is 30.7 Å². The van der Waals surface area contributed by atoms with Gasteiger partial charge in [0.25, 0.3) is 5.56 Å². The van der Waals surface area contributed by atoms with E-state index >= 15 is 0 Å². The number of carbonyl (C=O) groups excluding carboxylic acids is 1. The van der Waals surface area contributed by atoms with E-state index in [1.165, 1.54) is 4.57 Å². The van der Waals surface area contributed by atoms with Crippen LogP contribution < -0.4 is 5.56 Å². The van der Waals surface area contributed by atoms with Crippen molar-refractivity contribution in [3.63, 3.8) is 0 Å². The fraction of sp³-hybridized carbons (Fsp3) is 0.148. The van der Waals surface area contributed by atoms with Crippen LogP contribution in [0.5, 0.6) is 0 Å². The van der Waals surface area contributed by atoms with Crippen molar-refractivity contribution in [1.82, 2.24) is 4.57 Å². The number of carboxylic acids is 1. The van der Waals surface area contributed by atoms with Crippen LogP contribution in [0.2, 0.25) is 5.02 Å². The Hall–Kier alpha value is -3.70. The van der Waals surface area contributed by atoms with Crippen molar-refractivity contribution in [2.75, 3.05) is 0 Å². The number of halogens is 1. The highest BCUT2D eigenvalue weighted by Gasteiger charge is 2.23. The molecule has 0 aliphatic heterocycles. The van der Waals surface area contributed by atoms with E-state index in [9.17, 15) is 14.4 Å². The van der Waals surface area contributed by atoms with Crippen LogP contribution in [-0.4, -0.2) is 21.4 Å². The lowest BCUT2D eigenvalue weighted by atomic mass is 9.94. The molecule has 0 spiro atoms. The lowest BCUT2D eigenvalue weighted by molar-refractivity contribution is -0.136. The number of rotatable bonds is 7. The summed E-state index contributed by atoms with van der Waals surface area (Å²) in [7, 11) is 0. The molecule has 0 saturated heterocycles. The fourth-order valence-corrected chi connectivity index (χ4v) is 4.29. The molecular formula is C27H22ClNO4. The Bertz CT molecular complexity index is 1420. The molecule has 1 aromatic heterocycles. The number of benzene rings is 3. The van der Waals surface area contributed by atoms with Gasteiger partial charge in [0, 0.05) is 22.4 Å². The smallest absolute Gasteiger partial charge is 0.307 e. The van der Waals surface area contributed by atoms with E-state index in [0.717, 1.165) is 11.1 Å². The minimum absolute atomic E-state index is 0.116. The molecule has 5 nitrogen and oxygen atoms in total. The van der Waals surface area contributed by atoms with Crippen molar-refractivity contribution in [3.8, 4) is 11.1 Å². The second-order valence-corrected chi connectivity index (χ2v) is 8.27. The van der Waals surface area contributed by atoms with E-state index in [0.29, 0.717) is 32.6 Å². The summed E-state index contributed by atoms with van der Waals surface area (Å²) in [6.07, 6.45) is 0.110. The summed E-state index contributed by atoms with van der Waals surface area (Å²) >= 11 is 6.28. The molecule has 0 aliphatic carbocycles. The molecule has 166 valence electrons. The van der Waals surface area contributed by atoms with Crippen LogP contribution in [0.1, 0.15) is 35.0 Å². The standard InChI is InChI=1S/C27H22ClNO4/c1-2-23(30)26-25(19-9-4-3-5-10-19)22-15-20(28)11-12-21(22)27(33)29(26)16-18-8-6-7-17(13-18)14-24(31)32/h3-13,15H,2,14,16H2,1H3,(H,31,32). The second kappa shape index (κ2) is 9.43. The van der Waals surface area contributed by atoms with E-state index in [1.54, 1.807) is 43.3 Å². The second-order valence-electron chi connectivity index (χ2n) is 7.84. The summed E-state index contributed by atoms with van der Waals surface area (Å²) in [5.41, 5.74) is 2.89. The van der Waals surface area contributed by atoms with Crippen LogP contribution in [0.15, 0.2) is 77.6 Å². The van der Waals surface area contributed by atoms with Crippen molar-refractivity contribution < 1.29 is 14.7 Å². The van der Waals surface area contributed by atoms with Crippen LogP contribution in [0, 0.1) is 0 Å². The molecule has 0 bridgehead atoms. The summed E-state index contributed by atoms with van der Waals surface area (Å²) in [5.74, 6) is -1.09. The molecule has 1 N–H and O–H groups in total. The SMILES string of the molecule is CCC(=O)c1c(-c2ccccc2)c2cc(Cl)ccc2c(=O)n1Cc1cccc(CC(=O)O)c1. The highest BCUT2D eigenvalue weighted by atomic mass is 35.5. The number of Topliss-reactive ketones (excluding diaryl/α,β-unsaturated/α-hetero) is 1. The van der Waals surface area contributed by atoms with E-state index in [4.69, 9.17) is 16.7 Å². The lowest BCUT2D eigenvalue weighted by Gasteiger charge is -2.19. The van der Waals surface area contributed by atoms with Gasteiger partial charge in [0.2, 0.25) is 0 Å². The molecule has 0 fully saturated rings. The largest absolute Gasteiger partial charge is 0.481 e. The van der Waals surface area contributed by atoms with Crippen LogP contribution in [0.3, 0.4) is 0 Å². The monoisotopic (exact) mass is 459 g/mol. The number of fused-ring (bicyclic) bond motifs is 1. The van der Waals surface area contributed by atoms with Crippen molar-refractivity contribution >= 4 is 34.1 Å². The molecule has 0 atom stereocenters. The Morgan fingerprint density at radius 2 is 1.64 bits per heavy atom. The number of hydrogen-bond acceptors (Lipinski definition) is 3. The summed E-state index contributed by atoms with van der Waals surface area (Å²) in [4.78, 5) is 38.0. The average Bonchev–Trinajstić information content (AvgIpc) is 2.80. The highest BCUT2D eigenvalue weighted by molar-refractivity contribution is 6.31. The van der Waals surface area contributed by atoms with Crippen molar-refractivity contribution in [2.45, 2.75) is 26.3 Å². The van der Waals surface area contributed by atoms with Crippen LogP contribution in [-0.2, 0) is 17.8 Å². The first-order valence-corrected chi connectivity index (χ1v) is 11.0. The summed E-state index contributed by atoms with van der Waals surface area (Å²) in [6.45, 7) is 1.91. The fourth-order valence-electron chi connectivity index (χ4n) is 4.12. The highest BCUT2D eigenvalue weighted by Crippen LogP contribution is 2.33.